The molecule has 122 valence electrons. The molecule has 0 aromatic heterocycles. The number of rotatable bonds is 4. The second kappa shape index (κ2) is 7.14. The predicted molar refractivity (Wildman–Crippen MR) is 78.2 cm³/mol. The fraction of sp³-hybridized carbons (Fsp3) is 0.188. The first kappa shape index (κ1) is 17.5. The van der Waals surface area contributed by atoms with E-state index in [2.05, 4.69) is 0 Å². The average molecular weight is 344 g/mol. The molecule has 0 aliphatic heterocycles. The Morgan fingerprint density at radius 3 is 2.09 bits per heavy atom. The van der Waals surface area contributed by atoms with Gasteiger partial charge in [-0.15, -0.1) is 0 Å². The van der Waals surface area contributed by atoms with Crippen molar-refractivity contribution >= 4 is 16.9 Å². The first-order valence-electron chi connectivity index (χ1n) is 6.56. The van der Waals surface area contributed by atoms with Gasteiger partial charge in [-0.3, -0.25) is 4.79 Å². The maximum absolute atomic E-state index is 13.2. The first-order valence-corrected chi connectivity index (χ1v) is 7.37. The summed E-state index contributed by atoms with van der Waals surface area (Å²) in [5.74, 6) is -3.24. The van der Waals surface area contributed by atoms with Crippen molar-refractivity contribution in [2.24, 2.45) is 5.92 Å². The van der Waals surface area contributed by atoms with E-state index in [1.165, 1.54) is 12.1 Å². The van der Waals surface area contributed by atoms with E-state index in [1.54, 1.807) is 18.2 Å². The Labute approximate surface area is 134 Å². The largest absolute Gasteiger partial charge is 0.402 e. The zero-order valence-electron chi connectivity index (χ0n) is 11.6. The normalized spacial score (nSPS) is 14.3. The minimum absolute atomic E-state index is 0.171. The molecule has 0 unspecified atom stereocenters. The molecule has 2 atom stereocenters. The van der Waals surface area contributed by atoms with Crippen LogP contribution in [-0.2, 0) is 4.79 Å². The smallest absolute Gasteiger partial charge is 0.387 e. The van der Waals surface area contributed by atoms with E-state index in [0.29, 0.717) is 16.7 Å². The van der Waals surface area contributed by atoms with E-state index in [4.69, 9.17) is 0 Å². The van der Waals surface area contributed by atoms with Gasteiger partial charge in [0.25, 0.3) is 0 Å². The van der Waals surface area contributed by atoms with Crippen LogP contribution in [0.4, 0.5) is 17.6 Å². The number of hydrogen-bond acceptors (Lipinski definition) is 3. The van der Waals surface area contributed by atoms with Gasteiger partial charge in [-0.1, -0.05) is 42.1 Å². The molecule has 0 radical (unpaired) electrons. The Balaban J connectivity index is 2.26. The third-order valence-corrected chi connectivity index (χ3v) is 4.06. The van der Waals surface area contributed by atoms with E-state index >= 15 is 0 Å². The van der Waals surface area contributed by atoms with Gasteiger partial charge in [0.05, 0.1) is 6.10 Å². The molecule has 1 N–H and O–H groups in total. The molecular formula is C16H12F4O2S. The summed E-state index contributed by atoms with van der Waals surface area (Å²) in [6, 6.07) is 11.8. The number of halogens is 4. The second-order valence-corrected chi connectivity index (χ2v) is 5.83. The lowest BCUT2D eigenvalue weighted by Crippen LogP contribution is -2.34. The minimum Gasteiger partial charge on any atom is -0.387 e. The summed E-state index contributed by atoms with van der Waals surface area (Å²) in [7, 11) is 0. The lowest BCUT2D eigenvalue weighted by molar-refractivity contribution is -0.197. The molecule has 0 aliphatic carbocycles. The minimum atomic E-state index is -4.92. The number of aliphatic hydroxyl groups excluding tert-OH is 1. The van der Waals surface area contributed by atoms with Crippen LogP contribution in [0.3, 0.4) is 0 Å². The zero-order valence-corrected chi connectivity index (χ0v) is 12.4. The third kappa shape index (κ3) is 4.56. The summed E-state index contributed by atoms with van der Waals surface area (Å²) in [4.78, 5) is 12.4. The van der Waals surface area contributed by atoms with Crippen LogP contribution in [0.1, 0.15) is 11.7 Å². The van der Waals surface area contributed by atoms with Crippen molar-refractivity contribution in [2.45, 2.75) is 17.2 Å². The molecule has 0 amide bonds. The monoisotopic (exact) mass is 344 g/mol. The fourth-order valence-electron chi connectivity index (χ4n) is 1.96. The van der Waals surface area contributed by atoms with Crippen molar-refractivity contribution in [1.82, 2.24) is 0 Å². The van der Waals surface area contributed by atoms with Crippen molar-refractivity contribution < 1.29 is 27.5 Å². The van der Waals surface area contributed by atoms with Crippen molar-refractivity contribution in [1.29, 1.82) is 0 Å². The van der Waals surface area contributed by atoms with E-state index in [0.717, 1.165) is 24.3 Å². The van der Waals surface area contributed by atoms with Crippen LogP contribution in [0.25, 0.3) is 0 Å². The Kier molecular flexibility index (Phi) is 5.43. The molecule has 0 aliphatic rings. The van der Waals surface area contributed by atoms with Crippen molar-refractivity contribution in [2.75, 3.05) is 0 Å². The maximum Gasteiger partial charge on any atom is 0.402 e. The highest BCUT2D eigenvalue weighted by molar-refractivity contribution is 8.13. The summed E-state index contributed by atoms with van der Waals surface area (Å²) in [6.45, 7) is 0. The number of aliphatic hydroxyl groups is 1. The zero-order chi connectivity index (χ0) is 17.0. The summed E-state index contributed by atoms with van der Waals surface area (Å²) in [5, 5.41) is 8.76. The standard InChI is InChI=1S/C16H12F4O2S/c17-11-8-6-10(7-9-11)14(21)13(16(18,19)20)15(22)23-12-4-2-1-3-5-12/h1-9,13-14,21H/t13-,14-/m1/s1. The van der Waals surface area contributed by atoms with E-state index < -0.39 is 29.1 Å². The SMILES string of the molecule is O=C(Sc1ccccc1)[C@@H]([C@H](O)c1ccc(F)cc1)C(F)(F)F. The first-order chi connectivity index (χ1) is 10.8. The Morgan fingerprint density at radius 1 is 1.00 bits per heavy atom. The Hall–Kier alpha value is -1.86. The van der Waals surface area contributed by atoms with Crippen LogP contribution in [0, 0.1) is 11.7 Å². The molecule has 0 heterocycles. The van der Waals surface area contributed by atoms with Gasteiger partial charge >= 0.3 is 6.18 Å². The van der Waals surface area contributed by atoms with E-state index in [1.807, 2.05) is 0 Å². The van der Waals surface area contributed by atoms with Crippen molar-refractivity contribution in [3.05, 3.63) is 66.0 Å². The van der Waals surface area contributed by atoms with Crippen LogP contribution in [0.2, 0.25) is 0 Å². The molecule has 2 nitrogen and oxygen atoms in total. The average Bonchev–Trinajstić information content (AvgIpc) is 2.47. The third-order valence-electron chi connectivity index (χ3n) is 3.10. The van der Waals surface area contributed by atoms with Gasteiger partial charge in [0.2, 0.25) is 5.12 Å². The predicted octanol–water partition coefficient (Wildman–Crippen LogP) is 4.36. The Bertz CT molecular complexity index is 656. The summed E-state index contributed by atoms with van der Waals surface area (Å²) in [6.07, 6.45) is -7.02. The fourth-order valence-corrected chi connectivity index (χ4v) is 2.88. The van der Waals surface area contributed by atoms with E-state index in [9.17, 15) is 27.5 Å². The molecule has 2 rings (SSSR count). The Morgan fingerprint density at radius 2 is 1.57 bits per heavy atom. The van der Waals surface area contributed by atoms with Crippen molar-refractivity contribution in [3.8, 4) is 0 Å². The second-order valence-electron chi connectivity index (χ2n) is 4.75. The highest BCUT2D eigenvalue weighted by Gasteiger charge is 2.49. The highest BCUT2D eigenvalue weighted by atomic mass is 32.2. The molecule has 0 spiro atoms. The van der Waals surface area contributed by atoms with Crippen LogP contribution < -0.4 is 0 Å². The number of thioether (sulfide) groups is 1. The number of carbonyl (C=O) groups is 1. The molecule has 2 aromatic rings. The molecule has 0 saturated heterocycles. The molecule has 0 saturated carbocycles. The number of carbonyl (C=O) groups excluding carboxylic acids is 1. The number of alkyl halides is 3. The summed E-state index contributed by atoms with van der Waals surface area (Å²) in [5.41, 5.74) is -0.171. The summed E-state index contributed by atoms with van der Waals surface area (Å²) >= 11 is 0.412. The summed E-state index contributed by atoms with van der Waals surface area (Å²) < 4.78 is 52.5. The van der Waals surface area contributed by atoms with Gasteiger partial charge in [-0.05, 0) is 29.8 Å². The van der Waals surface area contributed by atoms with Crippen LogP contribution in [-0.4, -0.2) is 16.4 Å². The van der Waals surface area contributed by atoms with Gasteiger partial charge in [0, 0.05) is 4.90 Å². The molecular weight excluding hydrogens is 332 g/mol. The highest BCUT2D eigenvalue weighted by Crippen LogP contribution is 2.40. The quantitative estimate of drug-likeness (QED) is 0.662. The van der Waals surface area contributed by atoms with Gasteiger partial charge in [-0.25, -0.2) is 4.39 Å². The van der Waals surface area contributed by atoms with Crippen LogP contribution in [0.5, 0.6) is 0 Å². The lowest BCUT2D eigenvalue weighted by atomic mass is 9.96. The maximum atomic E-state index is 13.2. The lowest BCUT2D eigenvalue weighted by Gasteiger charge is -2.24. The molecule has 0 bridgehead atoms. The van der Waals surface area contributed by atoms with Gasteiger partial charge in [0.15, 0.2) is 5.92 Å². The van der Waals surface area contributed by atoms with Gasteiger partial charge in [-0.2, -0.15) is 13.2 Å². The van der Waals surface area contributed by atoms with Gasteiger partial charge in [0.1, 0.15) is 5.82 Å². The molecule has 23 heavy (non-hydrogen) atoms. The van der Waals surface area contributed by atoms with Gasteiger partial charge < -0.3 is 5.11 Å². The van der Waals surface area contributed by atoms with Crippen LogP contribution in [0.15, 0.2) is 59.5 Å². The molecule has 0 fully saturated rings. The van der Waals surface area contributed by atoms with Crippen LogP contribution >= 0.6 is 11.8 Å². The number of hydrogen-bond donors (Lipinski definition) is 1. The molecule has 7 heteroatoms. The van der Waals surface area contributed by atoms with E-state index in [-0.39, 0.29) is 5.56 Å². The molecule has 2 aromatic carbocycles. The number of benzene rings is 2. The topological polar surface area (TPSA) is 37.3 Å². The van der Waals surface area contributed by atoms with Crippen molar-refractivity contribution in [3.63, 3.8) is 0 Å².